The molecular weight excluding hydrogens is 463 g/mol. The van der Waals surface area contributed by atoms with Crippen LogP contribution in [0.1, 0.15) is 53.2 Å². The van der Waals surface area contributed by atoms with E-state index in [-0.39, 0.29) is 29.5 Å². The van der Waals surface area contributed by atoms with Crippen molar-refractivity contribution in [1.82, 2.24) is 10.2 Å². The Kier molecular flexibility index (Phi) is 7.39. The maximum atomic E-state index is 13.3. The summed E-state index contributed by atoms with van der Waals surface area (Å²) < 4.78 is 45.2. The molecule has 2 heterocycles. The average molecular weight is 489 g/mol. The van der Waals surface area contributed by atoms with Crippen molar-refractivity contribution >= 4 is 23.4 Å². The number of hydrogen-bond acceptors (Lipinski definition) is 4. The molecule has 2 N–H and O–H groups in total. The van der Waals surface area contributed by atoms with Crippen LogP contribution in [0, 0.1) is 0 Å². The van der Waals surface area contributed by atoms with Gasteiger partial charge >= 0.3 is 6.18 Å². The van der Waals surface area contributed by atoms with E-state index in [1.54, 1.807) is 23.1 Å². The summed E-state index contributed by atoms with van der Waals surface area (Å²) in [7, 11) is 0. The highest BCUT2D eigenvalue weighted by Crippen LogP contribution is 2.31. The number of anilines is 1. The fourth-order valence-electron chi connectivity index (χ4n) is 4.27. The van der Waals surface area contributed by atoms with E-state index in [4.69, 9.17) is 4.74 Å². The molecule has 2 aromatic rings. The largest absolute Gasteiger partial charge is 0.416 e. The third-order valence-corrected chi connectivity index (χ3v) is 6.11. The summed E-state index contributed by atoms with van der Waals surface area (Å²) in [5.41, 5.74) is 0.0416. The van der Waals surface area contributed by atoms with Gasteiger partial charge in [0.2, 0.25) is 5.91 Å². The van der Waals surface area contributed by atoms with Crippen LogP contribution in [0.5, 0.6) is 0 Å². The first-order valence-electron chi connectivity index (χ1n) is 11.5. The lowest BCUT2D eigenvalue weighted by atomic mass is 10.0. The third-order valence-electron chi connectivity index (χ3n) is 6.11. The number of carbonyl (C=O) groups excluding carboxylic acids is 3. The highest BCUT2D eigenvalue weighted by Gasteiger charge is 2.32. The molecular formula is C25H26F3N3O4. The van der Waals surface area contributed by atoms with Crippen molar-refractivity contribution in [3.05, 3.63) is 65.2 Å². The number of nitrogens with zero attached hydrogens (tertiary/aromatic N) is 1. The first-order valence-corrected chi connectivity index (χ1v) is 11.5. The smallest absolute Gasteiger partial charge is 0.368 e. The van der Waals surface area contributed by atoms with Crippen LogP contribution in [0.4, 0.5) is 18.9 Å². The van der Waals surface area contributed by atoms with E-state index in [2.05, 4.69) is 10.6 Å². The number of alkyl halides is 3. The molecule has 2 atom stereocenters. The number of carbonyl (C=O) groups is 3. The second-order valence-corrected chi connectivity index (χ2v) is 8.66. The number of benzene rings is 2. The van der Waals surface area contributed by atoms with E-state index in [0.29, 0.717) is 38.1 Å². The molecule has 35 heavy (non-hydrogen) atoms. The summed E-state index contributed by atoms with van der Waals surface area (Å²) in [5.74, 6) is -0.934. The fourth-order valence-corrected chi connectivity index (χ4v) is 4.27. The number of nitrogens with one attached hydrogen (secondary N) is 2. The Bertz CT molecular complexity index is 1100. The Hall–Kier alpha value is -3.40. The molecule has 4 rings (SSSR count). The van der Waals surface area contributed by atoms with Crippen LogP contribution in [0.3, 0.4) is 0 Å². The first-order chi connectivity index (χ1) is 16.7. The number of hydrogen-bond donors (Lipinski definition) is 2. The topological polar surface area (TPSA) is 87.7 Å². The van der Waals surface area contributed by atoms with Crippen molar-refractivity contribution in [2.24, 2.45) is 0 Å². The minimum Gasteiger partial charge on any atom is -0.368 e. The Labute approximate surface area is 200 Å². The van der Waals surface area contributed by atoms with Gasteiger partial charge in [0.05, 0.1) is 11.6 Å². The molecule has 3 amide bonds. The van der Waals surface area contributed by atoms with Crippen molar-refractivity contribution in [2.75, 3.05) is 25.0 Å². The van der Waals surface area contributed by atoms with Crippen LogP contribution in [-0.2, 0) is 20.5 Å². The molecule has 7 nitrogen and oxygen atoms in total. The summed E-state index contributed by atoms with van der Waals surface area (Å²) >= 11 is 0. The predicted molar refractivity (Wildman–Crippen MR) is 122 cm³/mol. The molecule has 2 fully saturated rings. The number of rotatable bonds is 7. The van der Waals surface area contributed by atoms with Crippen LogP contribution in [0.2, 0.25) is 0 Å². The zero-order valence-electron chi connectivity index (χ0n) is 18.9. The maximum Gasteiger partial charge on any atom is 0.416 e. The minimum absolute atomic E-state index is 0.0569. The minimum atomic E-state index is -4.54. The lowest BCUT2D eigenvalue weighted by molar-refractivity contribution is -0.137. The monoisotopic (exact) mass is 489 g/mol. The summed E-state index contributed by atoms with van der Waals surface area (Å²) in [4.78, 5) is 39.1. The SMILES string of the molecule is O=C(NC(CN1CCCC1=O)c1cccc(C(F)(F)F)c1)c1cccc(NC(=O)C2CCCO2)c1. The van der Waals surface area contributed by atoms with Gasteiger partial charge < -0.3 is 20.3 Å². The second-order valence-electron chi connectivity index (χ2n) is 8.66. The van der Waals surface area contributed by atoms with Crippen molar-refractivity contribution in [2.45, 2.75) is 44.0 Å². The van der Waals surface area contributed by atoms with Gasteiger partial charge in [-0.3, -0.25) is 14.4 Å². The summed E-state index contributed by atoms with van der Waals surface area (Å²) in [6.07, 6.45) is -2.61. The molecule has 2 aliphatic heterocycles. The van der Waals surface area contributed by atoms with Crippen LogP contribution >= 0.6 is 0 Å². The quantitative estimate of drug-likeness (QED) is 0.617. The van der Waals surface area contributed by atoms with Crippen molar-refractivity contribution < 1.29 is 32.3 Å². The van der Waals surface area contributed by atoms with E-state index < -0.39 is 29.8 Å². The van der Waals surface area contributed by atoms with Crippen molar-refractivity contribution in [3.8, 4) is 0 Å². The first kappa shape index (κ1) is 24.7. The van der Waals surface area contributed by atoms with Crippen LogP contribution < -0.4 is 10.6 Å². The van der Waals surface area contributed by atoms with E-state index in [9.17, 15) is 27.6 Å². The molecule has 2 saturated heterocycles. The summed E-state index contributed by atoms with van der Waals surface area (Å²) in [5, 5.41) is 5.50. The van der Waals surface area contributed by atoms with Gasteiger partial charge in [-0.1, -0.05) is 18.2 Å². The highest BCUT2D eigenvalue weighted by molar-refractivity contribution is 5.98. The molecule has 0 radical (unpaired) electrons. The Morgan fingerprint density at radius 3 is 2.60 bits per heavy atom. The molecule has 2 aliphatic rings. The molecule has 0 spiro atoms. The van der Waals surface area contributed by atoms with Gasteiger partial charge in [0.1, 0.15) is 6.10 Å². The lowest BCUT2D eigenvalue weighted by Crippen LogP contribution is -2.38. The molecule has 0 bridgehead atoms. The molecule has 0 aromatic heterocycles. The van der Waals surface area contributed by atoms with Crippen molar-refractivity contribution in [3.63, 3.8) is 0 Å². The van der Waals surface area contributed by atoms with Crippen molar-refractivity contribution in [1.29, 1.82) is 0 Å². The summed E-state index contributed by atoms with van der Waals surface area (Å²) in [6.45, 7) is 1.06. The predicted octanol–water partition coefficient (Wildman–Crippen LogP) is 3.92. The fraction of sp³-hybridized carbons (Fsp3) is 0.400. The molecule has 10 heteroatoms. The number of ether oxygens (including phenoxy) is 1. The van der Waals surface area contributed by atoms with E-state index in [1.165, 1.54) is 18.2 Å². The standard InChI is InChI=1S/C25H26F3N3O4/c26-25(27,28)18-7-1-5-16(13-18)20(15-31-11-3-10-22(31)32)30-23(33)17-6-2-8-19(14-17)29-24(34)21-9-4-12-35-21/h1-2,5-8,13-14,20-21H,3-4,9-12,15H2,(H,29,34)(H,30,33). The molecule has 2 aromatic carbocycles. The van der Waals surface area contributed by atoms with E-state index in [0.717, 1.165) is 18.6 Å². The van der Waals surface area contributed by atoms with Crippen LogP contribution in [0.15, 0.2) is 48.5 Å². The van der Waals surface area contributed by atoms with Gasteiger partial charge in [-0.25, -0.2) is 0 Å². The Morgan fingerprint density at radius 2 is 1.91 bits per heavy atom. The van der Waals surface area contributed by atoms with Crippen LogP contribution in [-0.4, -0.2) is 48.4 Å². The summed E-state index contributed by atoms with van der Waals surface area (Å²) in [6, 6.07) is 10.2. The van der Waals surface area contributed by atoms with E-state index >= 15 is 0 Å². The maximum absolute atomic E-state index is 13.3. The second kappa shape index (κ2) is 10.5. The number of likely N-dealkylation sites (tertiary alicyclic amines) is 1. The molecule has 2 unspecified atom stereocenters. The molecule has 0 saturated carbocycles. The normalized spacial score (nSPS) is 19.0. The van der Waals surface area contributed by atoms with E-state index in [1.807, 2.05) is 0 Å². The Morgan fingerprint density at radius 1 is 1.11 bits per heavy atom. The third kappa shape index (κ3) is 6.19. The molecule has 186 valence electrons. The van der Waals surface area contributed by atoms with Gasteiger partial charge in [0, 0.05) is 37.4 Å². The number of halogens is 3. The Balaban J connectivity index is 1.53. The average Bonchev–Trinajstić information content (AvgIpc) is 3.51. The lowest BCUT2D eigenvalue weighted by Gasteiger charge is -2.26. The molecule has 0 aliphatic carbocycles. The van der Waals surface area contributed by atoms with Gasteiger partial charge in [0.15, 0.2) is 0 Å². The zero-order chi connectivity index (χ0) is 25.0. The zero-order valence-corrected chi connectivity index (χ0v) is 18.9. The van der Waals surface area contributed by atoms with Gasteiger partial charge in [-0.05, 0) is 55.2 Å². The van der Waals surface area contributed by atoms with Crippen LogP contribution in [0.25, 0.3) is 0 Å². The van der Waals surface area contributed by atoms with Gasteiger partial charge in [0.25, 0.3) is 11.8 Å². The highest BCUT2D eigenvalue weighted by atomic mass is 19.4. The number of amides is 3. The van der Waals surface area contributed by atoms with Gasteiger partial charge in [-0.2, -0.15) is 13.2 Å². The van der Waals surface area contributed by atoms with Gasteiger partial charge in [-0.15, -0.1) is 0 Å².